The first-order valence-electron chi connectivity index (χ1n) is 11.6. The fourth-order valence-corrected chi connectivity index (χ4v) is 5.38. The van der Waals surface area contributed by atoms with Gasteiger partial charge in [-0.25, -0.2) is 0 Å². The Morgan fingerprint density at radius 3 is 2.09 bits per heavy atom. The van der Waals surface area contributed by atoms with Gasteiger partial charge in [-0.05, 0) is 60.2 Å². The second-order valence-corrected chi connectivity index (χ2v) is 11.0. The quantitative estimate of drug-likeness (QED) is 0.293. The van der Waals surface area contributed by atoms with Gasteiger partial charge in [0.15, 0.2) is 0 Å². The molecular formula is C27H31Cl4NO3. The van der Waals surface area contributed by atoms with Gasteiger partial charge < -0.3 is 14.4 Å². The normalized spacial score (nSPS) is 26.4. The van der Waals surface area contributed by atoms with Crippen molar-refractivity contribution in [1.82, 2.24) is 0 Å². The second-order valence-electron chi connectivity index (χ2n) is 8.82. The number of carbonyl (C=O) groups excluding carboxylic acids is 1. The van der Waals surface area contributed by atoms with Crippen LogP contribution in [0, 0.1) is 5.92 Å². The van der Waals surface area contributed by atoms with Crippen LogP contribution in [0.2, 0.25) is 0 Å². The third kappa shape index (κ3) is 7.45. The van der Waals surface area contributed by atoms with E-state index < -0.39 is 22.0 Å². The van der Waals surface area contributed by atoms with E-state index in [2.05, 4.69) is 0 Å². The predicted molar refractivity (Wildman–Crippen MR) is 148 cm³/mol. The Bertz CT molecular complexity index is 994. The maximum atomic E-state index is 13.1. The minimum absolute atomic E-state index is 0.269. The van der Waals surface area contributed by atoms with Crippen molar-refractivity contribution >= 4 is 63.6 Å². The molecule has 1 saturated heterocycles. The Kier molecular flexibility index (Phi) is 10.5. The van der Waals surface area contributed by atoms with Crippen LogP contribution in [0.4, 0.5) is 5.69 Å². The summed E-state index contributed by atoms with van der Waals surface area (Å²) in [6.45, 7) is 0.269. The summed E-state index contributed by atoms with van der Waals surface area (Å²) >= 11 is 26.2. The first-order valence-corrected chi connectivity index (χ1v) is 13.3. The molecule has 5 atom stereocenters. The third-order valence-corrected chi connectivity index (χ3v) is 8.59. The summed E-state index contributed by atoms with van der Waals surface area (Å²) in [6.07, 6.45) is 3.39. The lowest BCUT2D eigenvalue weighted by Crippen LogP contribution is -2.34. The summed E-state index contributed by atoms with van der Waals surface area (Å²) in [6, 6.07) is 15.9. The Morgan fingerprint density at radius 2 is 1.51 bits per heavy atom. The number of methoxy groups -OCH3 is 1. The average Bonchev–Trinajstić information content (AvgIpc) is 2.88. The smallest absolute Gasteiger partial charge is 0.312 e. The van der Waals surface area contributed by atoms with Crippen molar-refractivity contribution in [2.45, 2.75) is 40.8 Å². The standard InChI is InChI=1S/C27H31Cl4NO3/c1-32(2)20-10-6-17(7-11-20)22(18-8-12-21(34-3)13-9-18)15-19-16-24(29)26(31)25(30)23(28)5-4-14-35-27(19)33/h6-13,15,19,23-26H,4-5,14,16H2,1-3H3. The molecule has 3 rings (SSSR count). The highest BCUT2D eigenvalue weighted by Gasteiger charge is 2.34. The molecule has 190 valence electrons. The molecule has 35 heavy (non-hydrogen) atoms. The van der Waals surface area contributed by atoms with Crippen LogP contribution in [0.3, 0.4) is 0 Å². The molecule has 8 heteroatoms. The number of rotatable bonds is 5. The van der Waals surface area contributed by atoms with Crippen LogP contribution < -0.4 is 9.64 Å². The Balaban J connectivity index is 2.04. The number of alkyl halides is 4. The molecule has 2 aromatic rings. The molecular weight excluding hydrogens is 528 g/mol. The molecule has 0 N–H and O–H groups in total. The molecule has 0 saturated carbocycles. The van der Waals surface area contributed by atoms with E-state index in [1.165, 1.54) is 0 Å². The number of hydrogen-bond donors (Lipinski definition) is 0. The number of carbonyl (C=O) groups is 1. The Labute approximate surface area is 228 Å². The van der Waals surface area contributed by atoms with Crippen molar-refractivity contribution in [3.63, 3.8) is 0 Å². The molecule has 4 nitrogen and oxygen atoms in total. The predicted octanol–water partition coefficient (Wildman–Crippen LogP) is 6.97. The summed E-state index contributed by atoms with van der Waals surface area (Å²) in [5.74, 6) is -0.199. The molecule has 2 aromatic carbocycles. The van der Waals surface area contributed by atoms with Gasteiger partial charge in [-0.2, -0.15) is 0 Å². The summed E-state index contributed by atoms with van der Waals surface area (Å²) in [5.41, 5.74) is 3.87. The van der Waals surface area contributed by atoms with Crippen LogP contribution >= 0.6 is 46.4 Å². The number of anilines is 1. The average molecular weight is 559 g/mol. The van der Waals surface area contributed by atoms with E-state index in [9.17, 15) is 4.79 Å². The number of halogens is 4. The highest BCUT2D eigenvalue weighted by molar-refractivity contribution is 6.38. The number of cyclic esters (lactones) is 1. The lowest BCUT2D eigenvalue weighted by Gasteiger charge is -2.25. The zero-order valence-corrected chi connectivity index (χ0v) is 23.1. The van der Waals surface area contributed by atoms with E-state index >= 15 is 0 Å². The van der Waals surface area contributed by atoms with Gasteiger partial charge in [0.2, 0.25) is 0 Å². The number of esters is 1. The van der Waals surface area contributed by atoms with Gasteiger partial charge in [-0.3, -0.25) is 4.79 Å². The molecule has 1 aliphatic rings. The highest BCUT2D eigenvalue weighted by Crippen LogP contribution is 2.34. The summed E-state index contributed by atoms with van der Waals surface area (Å²) in [5, 5.41) is -2.03. The van der Waals surface area contributed by atoms with Crippen LogP contribution in [-0.2, 0) is 9.53 Å². The maximum absolute atomic E-state index is 13.1. The van der Waals surface area contributed by atoms with Crippen molar-refractivity contribution in [3.05, 3.63) is 65.7 Å². The summed E-state index contributed by atoms with van der Waals surface area (Å²) < 4.78 is 10.9. The molecule has 0 spiro atoms. The van der Waals surface area contributed by atoms with Crippen LogP contribution in [-0.4, -0.2) is 55.3 Å². The van der Waals surface area contributed by atoms with Crippen molar-refractivity contribution in [2.75, 3.05) is 32.7 Å². The van der Waals surface area contributed by atoms with Crippen LogP contribution in [0.25, 0.3) is 5.57 Å². The topological polar surface area (TPSA) is 38.8 Å². The van der Waals surface area contributed by atoms with Crippen LogP contribution in [0.15, 0.2) is 54.6 Å². The van der Waals surface area contributed by atoms with Crippen molar-refractivity contribution in [2.24, 2.45) is 5.92 Å². The van der Waals surface area contributed by atoms with Gasteiger partial charge in [-0.15, -0.1) is 46.4 Å². The lowest BCUT2D eigenvalue weighted by atomic mass is 9.91. The first kappa shape index (κ1) is 28.0. The minimum Gasteiger partial charge on any atom is -0.497 e. The fraction of sp³-hybridized carbons (Fsp3) is 0.444. The van der Waals surface area contributed by atoms with Crippen molar-refractivity contribution in [3.8, 4) is 5.75 Å². The highest BCUT2D eigenvalue weighted by atomic mass is 35.5. The number of hydrogen-bond acceptors (Lipinski definition) is 4. The van der Waals surface area contributed by atoms with Crippen molar-refractivity contribution in [1.29, 1.82) is 0 Å². The van der Waals surface area contributed by atoms with Gasteiger partial charge in [0.05, 0.1) is 41.1 Å². The van der Waals surface area contributed by atoms with Gasteiger partial charge in [0, 0.05) is 19.8 Å². The van der Waals surface area contributed by atoms with Gasteiger partial charge in [0.25, 0.3) is 0 Å². The van der Waals surface area contributed by atoms with Crippen LogP contribution in [0.5, 0.6) is 5.75 Å². The monoisotopic (exact) mass is 557 g/mol. The fourth-order valence-electron chi connectivity index (χ4n) is 3.99. The van der Waals surface area contributed by atoms with E-state index in [4.69, 9.17) is 55.9 Å². The number of benzene rings is 2. The van der Waals surface area contributed by atoms with E-state index in [0.717, 1.165) is 28.1 Å². The first-order chi connectivity index (χ1) is 16.7. The Morgan fingerprint density at radius 1 is 0.943 bits per heavy atom. The maximum Gasteiger partial charge on any atom is 0.312 e. The minimum atomic E-state index is -0.611. The molecule has 1 heterocycles. The lowest BCUT2D eigenvalue weighted by molar-refractivity contribution is -0.147. The van der Waals surface area contributed by atoms with Gasteiger partial charge >= 0.3 is 5.97 Å². The van der Waals surface area contributed by atoms with Crippen molar-refractivity contribution < 1.29 is 14.3 Å². The molecule has 1 aliphatic heterocycles. The van der Waals surface area contributed by atoms with Gasteiger partial charge in [0.1, 0.15) is 5.75 Å². The van der Waals surface area contributed by atoms with E-state index in [1.807, 2.05) is 73.6 Å². The molecule has 0 aliphatic carbocycles. The number of nitrogens with zero attached hydrogens (tertiary/aromatic N) is 1. The summed E-state index contributed by atoms with van der Waals surface area (Å²) in [7, 11) is 5.61. The Hall–Kier alpha value is -1.59. The molecule has 5 unspecified atom stereocenters. The molecule has 0 aromatic heterocycles. The second kappa shape index (κ2) is 13.1. The molecule has 0 radical (unpaired) electrons. The largest absolute Gasteiger partial charge is 0.497 e. The zero-order chi connectivity index (χ0) is 25.5. The van der Waals surface area contributed by atoms with E-state index in [0.29, 0.717) is 12.8 Å². The summed E-state index contributed by atoms with van der Waals surface area (Å²) in [4.78, 5) is 15.2. The van der Waals surface area contributed by atoms with E-state index in [1.54, 1.807) is 7.11 Å². The molecule has 0 amide bonds. The third-order valence-electron chi connectivity index (χ3n) is 6.11. The zero-order valence-electron chi connectivity index (χ0n) is 20.1. The van der Waals surface area contributed by atoms with Gasteiger partial charge in [-0.1, -0.05) is 30.3 Å². The van der Waals surface area contributed by atoms with Crippen LogP contribution in [0.1, 0.15) is 30.4 Å². The SMILES string of the molecule is COc1ccc(C(=CC2CC(Cl)C(Cl)C(Cl)C(Cl)CCCOC2=O)c2ccc(N(C)C)cc2)cc1. The van der Waals surface area contributed by atoms with E-state index in [-0.39, 0.29) is 24.4 Å². The molecule has 1 fully saturated rings. The number of ether oxygens (including phenoxy) is 2. The molecule has 0 bridgehead atoms.